The van der Waals surface area contributed by atoms with Crippen LogP contribution in [0.5, 0.6) is 0 Å². The van der Waals surface area contributed by atoms with E-state index in [-0.39, 0.29) is 18.4 Å². The number of aromatic nitrogens is 4. The third-order valence-electron chi connectivity index (χ3n) is 6.09. The summed E-state index contributed by atoms with van der Waals surface area (Å²) in [6, 6.07) is 4.03. The fraction of sp³-hybridized carbons (Fsp3) is 0.565. The fourth-order valence-corrected chi connectivity index (χ4v) is 4.74. The lowest BCUT2D eigenvalue weighted by atomic mass is 10.1. The van der Waals surface area contributed by atoms with Crippen LogP contribution in [0.1, 0.15) is 52.0 Å². The third kappa shape index (κ3) is 5.72. The molecule has 0 radical (unpaired) electrons. The lowest BCUT2D eigenvalue weighted by molar-refractivity contribution is -0.141. The van der Waals surface area contributed by atoms with Crippen LogP contribution < -0.4 is 5.32 Å². The molecule has 0 aliphatic carbocycles. The molecule has 2 aromatic rings. The van der Waals surface area contributed by atoms with Crippen LogP contribution in [-0.4, -0.2) is 78.7 Å². The molecule has 188 valence electrons. The molecule has 11 nitrogen and oxygen atoms in total. The summed E-state index contributed by atoms with van der Waals surface area (Å²) >= 11 is 6.17. The van der Waals surface area contributed by atoms with Crippen molar-refractivity contribution in [1.82, 2.24) is 35.3 Å². The maximum Gasteiger partial charge on any atom is 0.410 e. The van der Waals surface area contributed by atoms with Gasteiger partial charge in [0, 0.05) is 24.7 Å². The van der Waals surface area contributed by atoms with Gasteiger partial charge in [-0.1, -0.05) is 11.6 Å². The van der Waals surface area contributed by atoms with Crippen molar-refractivity contribution in [2.24, 2.45) is 0 Å². The van der Waals surface area contributed by atoms with Crippen molar-refractivity contribution in [3.63, 3.8) is 0 Å². The van der Waals surface area contributed by atoms with Gasteiger partial charge in [-0.3, -0.25) is 14.5 Å². The number of carbonyl (C=O) groups is 3. The van der Waals surface area contributed by atoms with Crippen molar-refractivity contribution in [2.45, 2.75) is 70.7 Å². The Morgan fingerprint density at radius 3 is 2.51 bits per heavy atom. The molecule has 2 saturated heterocycles. The topological polar surface area (TPSA) is 123 Å². The summed E-state index contributed by atoms with van der Waals surface area (Å²) in [7, 11) is 0. The Morgan fingerprint density at radius 1 is 1.11 bits per heavy atom. The molecular formula is C23H30ClN7O4. The number of hydrogen-bond acceptors (Lipinski definition) is 7. The van der Waals surface area contributed by atoms with Crippen LogP contribution in [0.15, 0.2) is 24.5 Å². The Bertz CT molecular complexity index is 1090. The van der Waals surface area contributed by atoms with E-state index in [1.54, 1.807) is 43.9 Å². The Kier molecular flexibility index (Phi) is 7.25. The molecule has 12 heteroatoms. The molecule has 0 saturated carbocycles. The second-order valence-corrected chi connectivity index (χ2v) is 10.2. The molecule has 3 heterocycles. The van der Waals surface area contributed by atoms with Gasteiger partial charge in [0.2, 0.25) is 11.8 Å². The second kappa shape index (κ2) is 10.2. The molecule has 0 spiro atoms. The first-order chi connectivity index (χ1) is 16.6. The molecule has 0 bridgehead atoms. The zero-order valence-electron chi connectivity index (χ0n) is 20.1. The second-order valence-electron chi connectivity index (χ2n) is 9.77. The van der Waals surface area contributed by atoms with E-state index >= 15 is 0 Å². The predicted molar refractivity (Wildman–Crippen MR) is 127 cm³/mol. The van der Waals surface area contributed by atoms with E-state index in [1.807, 2.05) is 0 Å². The SMILES string of the molecule is CC(C)(C)OC(=O)N1CCC[C@@H]1C(=O)N1CCC[C@H]1C(=O)NCc1cc(Cl)ccc1-n1cnnn1. The molecule has 0 unspecified atom stereocenters. The van der Waals surface area contributed by atoms with Gasteiger partial charge in [0.1, 0.15) is 24.0 Å². The van der Waals surface area contributed by atoms with Crippen molar-refractivity contribution in [3.05, 3.63) is 35.1 Å². The molecule has 2 aliphatic rings. The number of rotatable bonds is 5. The monoisotopic (exact) mass is 503 g/mol. The van der Waals surface area contributed by atoms with Crippen molar-refractivity contribution >= 4 is 29.5 Å². The molecule has 1 aromatic heterocycles. The number of benzene rings is 1. The summed E-state index contributed by atoms with van der Waals surface area (Å²) in [4.78, 5) is 42.3. The van der Waals surface area contributed by atoms with E-state index in [1.165, 1.54) is 15.9 Å². The number of nitrogens with one attached hydrogen (secondary N) is 1. The predicted octanol–water partition coefficient (Wildman–Crippen LogP) is 2.32. The van der Waals surface area contributed by atoms with Gasteiger partial charge in [-0.25, -0.2) is 9.48 Å². The highest BCUT2D eigenvalue weighted by Crippen LogP contribution is 2.27. The minimum Gasteiger partial charge on any atom is -0.444 e. The summed E-state index contributed by atoms with van der Waals surface area (Å²) < 4.78 is 6.98. The zero-order chi connectivity index (χ0) is 25.2. The van der Waals surface area contributed by atoms with E-state index in [2.05, 4.69) is 20.8 Å². The number of halogens is 1. The first-order valence-corrected chi connectivity index (χ1v) is 12.1. The zero-order valence-corrected chi connectivity index (χ0v) is 20.9. The number of nitrogens with zero attached hydrogens (tertiary/aromatic N) is 6. The Hall–Kier alpha value is -3.21. The van der Waals surface area contributed by atoms with Gasteiger partial charge in [0.15, 0.2) is 0 Å². The van der Waals surface area contributed by atoms with Gasteiger partial charge < -0.3 is 15.0 Å². The number of ether oxygens (including phenoxy) is 1. The average molecular weight is 504 g/mol. The normalized spacial score (nSPS) is 20.2. The van der Waals surface area contributed by atoms with Gasteiger partial charge in [0.25, 0.3) is 0 Å². The number of carbonyl (C=O) groups excluding carboxylic acids is 3. The van der Waals surface area contributed by atoms with E-state index in [0.717, 1.165) is 18.4 Å². The highest BCUT2D eigenvalue weighted by atomic mass is 35.5. The summed E-state index contributed by atoms with van der Waals surface area (Å²) in [5, 5.41) is 14.7. The van der Waals surface area contributed by atoms with Crippen LogP contribution in [0.2, 0.25) is 5.02 Å². The minimum absolute atomic E-state index is 0.195. The van der Waals surface area contributed by atoms with Gasteiger partial charge >= 0.3 is 6.09 Å². The summed E-state index contributed by atoms with van der Waals surface area (Å²) in [6.45, 7) is 6.52. The van der Waals surface area contributed by atoms with Crippen LogP contribution in [0.3, 0.4) is 0 Å². The lowest BCUT2D eigenvalue weighted by Crippen LogP contribution is -2.53. The maximum atomic E-state index is 13.4. The minimum atomic E-state index is -0.648. The molecule has 2 atom stereocenters. The molecule has 2 aliphatic heterocycles. The maximum absolute atomic E-state index is 13.4. The number of amides is 3. The highest BCUT2D eigenvalue weighted by Gasteiger charge is 2.43. The van der Waals surface area contributed by atoms with Crippen LogP contribution in [0.4, 0.5) is 4.79 Å². The first kappa shape index (κ1) is 24.9. The van der Waals surface area contributed by atoms with Crippen LogP contribution in [-0.2, 0) is 20.9 Å². The van der Waals surface area contributed by atoms with Crippen molar-refractivity contribution in [1.29, 1.82) is 0 Å². The number of tetrazole rings is 1. The van der Waals surface area contributed by atoms with Crippen molar-refractivity contribution in [3.8, 4) is 5.69 Å². The van der Waals surface area contributed by atoms with Gasteiger partial charge in [-0.2, -0.15) is 0 Å². The lowest BCUT2D eigenvalue weighted by Gasteiger charge is -2.32. The van der Waals surface area contributed by atoms with E-state index in [4.69, 9.17) is 16.3 Å². The Morgan fingerprint density at radius 2 is 1.83 bits per heavy atom. The summed E-state index contributed by atoms with van der Waals surface area (Å²) in [5.41, 5.74) is 0.782. The van der Waals surface area contributed by atoms with Crippen molar-refractivity contribution in [2.75, 3.05) is 13.1 Å². The molecule has 1 aromatic carbocycles. The van der Waals surface area contributed by atoms with Crippen molar-refractivity contribution < 1.29 is 19.1 Å². The van der Waals surface area contributed by atoms with E-state index in [9.17, 15) is 14.4 Å². The van der Waals surface area contributed by atoms with Crippen LogP contribution in [0, 0.1) is 0 Å². The number of likely N-dealkylation sites (tertiary alicyclic amines) is 2. The summed E-state index contributed by atoms with van der Waals surface area (Å²) in [5.74, 6) is -0.455. The highest BCUT2D eigenvalue weighted by molar-refractivity contribution is 6.30. The molecule has 4 rings (SSSR count). The van der Waals surface area contributed by atoms with Gasteiger partial charge in [0.05, 0.1) is 5.69 Å². The summed E-state index contributed by atoms with van der Waals surface area (Å²) in [6.07, 6.45) is 3.52. The quantitative estimate of drug-likeness (QED) is 0.664. The van der Waals surface area contributed by atoms with Crippen LogP contribution in [0.25, 0.3) is 5.69 Å². The van der Waals surface area contributed by atoms with E-state index in [0.29, 0.717) is 36.6 Å². The Labute approximate surface area is 208 Å². The average Bonchev–Trinajstić information content (AvgIpc) is 3.57. The number of hydrogen-bond donors (Lipinski definition) is 1. The van der Waals surface area contributed by atoms with Gasteiger partial charge in [-0.05, 0) is 80.6 Å². The third-order valence-corrected chi connectivity index (χ3v) is 6.33. The molecule has 35 heavy (non-hydrogen) atoms. The first-order valence-electron chi connectivity index (χ1n) is 11.7. The molecule has 3 amide bonds. The smallest absolute Gasteiger partial charge is 0.410 e. The molecule has 1 N–H and O–H groups in total. The standard InChI is InChI=1S/C23H30ClN7O4/c1-23(2,3)35-22(34)30-11-5-7-19(30)21(33)29-10-4-6-18(29)20(32)25-13-15-12-16(24)8-9-17(15)31-14-26-27-28-31/h8-9,12,14,18-19H,4-7,10-11,13H2,1-3H3,(H,25,32)/t18-,19+/m0/s1. The Balaban J connectivity index is 1.43. The van der Waals surface area contributed by atoms with Gasteiger partial charge in [-0.15, -0.1) is 5.10 Å². The largest absolute Gasteiger partial charge is 0.444 e. The molecule has 2 fully saturated rings. The molecular weight excluding hydrogens is 474 g/mol. The fourth-order valence-electron chi connectivity index (χ4n) is 4.55. The van der Waals surface area contributed by atoms with E-state index < -0.39 is 23.8 Å². The van der Waals surface area contributed by atoms with Crippen LogP contribution >= 0.6 is 11.6 Å².